The fraction of sp³-hybridized carbons (Fsp3) is 0.421. The van der Waals surface area contributed by atoms with Crippen LogP contribution >= 0.6 is 0 Å². The molecule has 4 amide bonds. The molecule has 0 aliphatic carbocycles. The van der Waals surface area contributed by atoms with E-state index in [2.05, 4.69) is 4.99 Å². The molecule has 0 spiro atoms. The summed E-state index contributed by atoms with van der Waals surface area (Å²) in [6.45, 7) is 2.85. The Bertz CT molecular complexity index is 985. The summed E-state index contributed by atoms with van der Waals surface area (Å²) in [7, 11) is 3.16. The number of primary amides is 1. The number of nitrogens with two attached hydrogens (primary N) is 1. The zero-order valence-electron chi connectivity index (χ0n) is 16.6. The molecular formula is C19H23N6O4+. The number of amides is 4. The molecule has 1 unspecified atom stereocenters. The van der Waals surface area contributed by atoms with Gasteiger partial charge in [-0.1, -0.05) is 11.1 Å². The fourth-order valence-electron chi connectivity index (χ4n) is 3.99. The Balaban J connectivity index is 1.79. The molecule has 0 bridgehead atoms. The number of amidine groups is 1. The molecule has 3 aliphatic rings. The van der Waals surface area contributed by atoms with Crippen LogP contribution in [0.2, 0.25) is 0 Å². The summed E-state index contributed by atoms with van der Waals surface area (Å²) in [5, 5.41) is 0. The number of aryl methyl sites for hydroxylation is 1. The number of hydrogen-bond donors (Lipinski definition) is 1. The van der Waals surface area contributed by atoms with Gasteiger partial charge in [-0.25, -0.2) is 14.3 Å². The van der Waals surface area contributed by atoms with Crippen LogP contribution in [0.4, 0.5) is 10.5 Å². The van der Waals surface area contributed by atoms with Gasteiger partial charge in [-0.15, -0.1) is 0 Å². The number of guanidine groups is 1. The van der Waals surface area contributed by atoms with E-state index in [9.17, 15) is 14.4 Å². The van der Waals surface area contributed by atoms with Crippen LogP contribution in [0.15, 0.2) is 23.2 Å². The standard InChI is InChI=1S/C19H22N6O4/c1-11-5-6-13(29-3)12(9-11)23-7-4-8-24-15-16(21-18(23)24)22(2)19(28)25(17(15)27)10-14(20)26/h5-6,9,15H,4,7-8,10H2,1-3H3,(H-,20,26)/p+1. The molecule has 4 rings (SSSR count). The first kappa shape index (κ1) is 18.9. The first-order valence-corrected chi connectivity index (χ1v) is 9.35. The predicted molar refractivity (Wildman–Crippen MR) is 105 cm³/mol. The number of fused-ring (bicyclic) bond motifs is 2. The van der Waals surface area contributed by atoms with Gasteiger partial charge in [0.25, 0.3) is 5.91 Å². The van der Waals surface area contributed by atoms with Gasteiger partial charge >= 0.3 is 12.0 Å². The van der Waals surface area contributed by atoms with Crippen molar-refractivity contribution in [3.8, 4) is 5.75 Å². The molecule has 0 aromatic heterocycles. The molecule has 3 heterocycles. The number of nitrogens with zero attached hydrogens (tertiary/aromatic N) is 5. The molecule has 10 heteroatoms. The molecule has 1 saturated heterocycles. The number of ether oxygens (including phenoxy) is 1. The van der Waals surface area contributed by atoms with Crippen LogP contribution in [0.3, 0.4) is 0 Å². The minimum absolute atomic E-state index is 0.356. The molecule has 10 nitrogen and oxygen atoms in total. The molecule has 0 saturated carbocycles. The van der Waals surface area contributed by atoms with E-state index in [1.54, 1.807) is 14.2 Å². The molecule has 1 atom stereocenters. The largest absolute Gasteiger partial charge is 0.493 e. The number of aliphatic imine (C=N–C) groups is 1. The second kappa shape index (κ2) is 6.87. The van der Waals surface area contributed by atoms with Gasteiger partial charge in [0, 0.05) is 13.5 Å². The highest BCUT2D eigenvalue weighted by atomic mass is 16.5. The van der Waals surface area contributed by atoms with Crippen LogP contribution in [-0.2, 0) is 9.59 Å². The Kier molecular flexibility index (Phi) is 4.48. The highest BCUT2D eigenvalue weighted by Gasteiger charge is 2.54. The van der Waals surface area contributed by atoms with E-state index in [0.717, 1.165) is 22.6 Å². The van der Waals surface area contributed by atoms with E-state index in [0.29, 0.717) is 30.6 Å². The normalized spacial score (nSPS) is 21.3. The molecule has 152 valence electrons. The second-order valence-corrected chi connectivity index (χ2v) is 7.28. The van der Waals surface area contributed by atoms with Crippen molar-refractivity contribution in [2.24, 2.45) is 10.7 Å². The molecule has 1 fully saturated rings. The van der Waals surface area contributed by atoms with Crippen molar-refractivity contribution in [2.45, 2.75) is 19.4 Å². The number of carbonyl (C=O) groups excluding carboxylic acids is 3. The Hall–Kier alpha value is -3.43. The lowest BCUT2D eigenvalue weighted by Crippen LogP contribution is -2.64. The van der Waals surface area contributed by atoms with Crippen molar-refractivity contribution < 1.29 is 23.7 Å². The molecule has 1 aromatic carbocycles. The lowest BCUT2D eigenvalue weighted by atomic mass is 10.1. The summed E-state index contributed by atoms with van der Waals surface area (Å²) in [5.41, 5.74) is 7.15. The lowest BCUT2D eigenvalue weighted by Gasteiger charge is -2.34. The van der Waals surface area contributed by atoms with E-state index >= 15 is 0 Å². The van der Waals surface area contributed by atoms with E-state index in [1.807, 2.05) is 34.6 Å². The monoisotopic (exact) mass is 399 g/mol. The van der Waals surface area contributed by atoms with Crippen molar-refractivity contribution in [3.05, 3.63) is 23.8 Å². The SMILES string of the molecule is COc1ccc(C)cc1N1CCC[N+]2=C1N=C1C2C(=O)N(CC(N)=O)C(=O)N1C. The average Bonchev–Trinajstić information content (AvgIpc) is 3.09. The molecule has 3 aliphatic heterocycles. The quantitative estimate of drug-likeness (QED) is 0.702. The summed E-state index contributed by atoms with van der Waals surface area (Å²) < 4.78 is 7.40. The highest BCUT2D eigenvalue weighted by Crippen LogP contribution is 2.33. The van der Waals surface area contributed by atoms with Gasteiger partial charge in [-0.05, 0) is 24.6 Å². The minimum Gasteiger partial charge on any atom is -0.493 e. The molecule has 2 N–H and O–H groups in total. The van der Waals surface area contributed by atoms with Gasteiger partial charge in [0.05, 0.1) is 20.2 Å². The maximum absolute atomic E-state index is 13.1. The lowest BCUT2D eigenvalue weighted by molar-refractivity contribution is -0.539. The summed E-state index contributed by atoms with van der Waals surface area (Å²) in [6, 6.07) is 4.50. The third-order valence-corrected chi connectivity index (χ3v) is 5.35. The van der Waals surface area contributed by atoms with Gasteiger partial charge in [0.1, 0.15) is 12.2 Å². The van der Waals surface area contributed by atoms with Crippen LogP contribution in [0.25, 0.3) is 0 Å². The topological polar surface area (TPSA) is 112 Å². The van der Waals surface area contributed by atoms with Crippen LogP contribution < -0.4 is 15.4 Å². The van der Waals surface area contributed by atoms with Crippen molar-refractivity contribution >= 4 is 35.3 Å². The van der Waals surface area contributed by atoms with Gasteiger partial charge in [-0.3, -0.25) is 19.4 Å². The number of benzene rings is 1. The molecule has 0 radical (unpaired) electrons. The smallest absolute Gasteiger partial charge is 0.397 e. The first-order chi connectivity index (χ1) is 13.8. The summed E-state index contributed by atoms with van der Waals surface area (Å²) in [6.07, 6.45) is 0.792. The maximum Gasteiger partial charge on any atom is 0.397 e. The Morgan fingerprint density at radius 3 is 2.83 bits per heavy atom. The van der Waals surface area contributed by atoms with Gasteiger partial charge in [0.2, 0.25) is 17.8 Å². The van der Waals surface area contributed by atoms with Crippen molar-refractivity contribution in [1.29, 1.82) is 0 Å². The second-order valence-electron chi connectivity index (χ2n) is 7.28. The number of carbonyl (C=O) groups is 3. The van der Waals surface area contributed by atoms with E-state index in [1.165, 1.54) is 4.90 Å². The average molecular weight is 399 g/mol. The van der Waals surface area contributed by atoms with Gasteiger partial charge in [0.15, 0.2) is 5.75 Å². The number of imide groups is 1. The first-order valence-electron chi connectivity index (χ1n) is 9.35. The van der Waals surface area contributed by atoms with E-state index in [4.69, 9.17) is 10.5 Å². The fourth-order valence-corrected chi connectivity index (χ4v) is 3.99. The molecule has 29 heavy (non-hydrogen) atoms. The Morgan fingerprint density at radius 2 is 2.14 bits per heavy atom. The number of urea groups is 1. The van der Waals surface area contributed by atoms with Crippen molar-refractivity contribution in [3.63, 3.8) is 0 Å². The third-order valence-electron chi connectivity index (χ3n) is 5.35. The van der Waals surface area contributed by atoms with Gasteiger partial charge in [-0.2, -0.15) is 0 Å². The zero-order chi connectivity index (χ0) is 20.9. The van der Waals surface area contributed by atoms with Crippen molar-refractivity contribution in [2.75, 3.05) is 38.7 Å². The van der Waals surface area contributed by atoms with E-state index < -0.39 is 30.4 Å². The maximum atomic E-state index is 13.1. The molecule has 1 aromatic rings. The minimum atomic E-state index is -0.759. The van der Waals surface area contributed by atoms with Crippen LogP contribution in [0.1, 0.15) is 12.0 Å². The predicted octanol–water partition coefficient (Wildman–Crippen LogP) is -0.258. The Labute approximate surface area is 167 Å². The van der Waals surface area contributed by atoms with Crippen LogP contribution in [0, 0.1) is 6.92 Å². The molecular weight excluding hydrogens is 376 g/mol. The number of likely N-dealkylation sites (N-methyl/N-ethyl adjacent to an activating group) is 1. The summed E-state index contributed by atoms with van der Waals surface area (Å²) in [4.78, 5) is 45.9. The third kappa shape index (κ3) is 2.91. The Morgan fingerprint density at radius 1 is 1.38 bits per heavy atom. The number of hydrogen-bond acceptors (Lipinski definition) is 6. The summed E-state index contributed by atoms with van der Waals surface area (Å²) >= 11 is 0. The highest BCUT2D eigenvalue weighted by molar-refractivity contribution is 6.24. The van der Waals surface area contributed by atoms with Crippen molar-refractivity contribution in [1.82, 2.24) is 9.80 Å². The van der Waals surface area contributed by atoms with E-state index in [-0.39, 0.29) is 0 Å². The van der Waals surface area contributed by atoms with Crippen LogP contribution in [-0.4, -0.2) is 83.8 Å². The number of anilines is 1. The number of rotatable bonds is 4. The number of methoxy groups -OCH3 is 1. The zero-order valence-corrected chi connectivity index (χ0v) is 16.6. The van der Waals surface area contributed by atoms with Gasteiger partial charge < -0.3 is 10.5 Å². The summed E-state index contributed by atoms with van der Waals surface area (Å²) in [5.74, 6) is 0.417. The van der Waals surface area contributed by atoms with Crippen LogP contribution in [0.5, 0.6) is 5.75 Å².